The molecule has 1 heterocycles. The Hall–Kier alpha value is -0.960. The smallest absolute Gasteiger partial charge is 0.208 e. The van der Waals surface area contributed by atoms with Crippen molar-refractivity contribution in [3.63, 3.8) is 0 Å². The summed E-state index contributed by atoms with van der Waals surface area (Å²) in [6.45, 7) is 0.999. The highest BCUT2D eigenvalue weighted by Gasteiger charge is 2.30. The molecule has 1 N–H and O–H groups in total. The molecule has 1 aliphatic heterocycles. The Morgan fingerprint density at radius 1 is 0.913 bits per heavy atom. The van der Waals surface area contributed by atoms with Gasteiger partial charge < -0.3 is 0 Å². The lowest BCUT2D eigenvalue weighted by Gasteiger charge is -2.20. The molecule has 6 nitrogen and oxygen atoms in total. The summed E-state index contributed by atoms with van der Waals surface area (Å²) in [4.78, 5) is 0.0679. The van der Waals surface area contributed by atoms with Gasteiger partial charge in [0.15, 0.2) is 0 Å². The van der Waals surface area contributed by atoms with E-state index in [1.54, 1.807) is 0 Å². The molecule has 0 unspecified atom stereocenters. The number of benzene rings is 1. The van der Waals surface area contributed by atoms with Crippen LogP contribution in [0, 0.1) is 0 Å². The molecule has 2 aliphatic rings. The lowest BCUT2D eigenvalue weighted by molar-refractivity contribution is 0.423. The summed E-state index contributed by atoms with van der Waals surface area (Å²) < 4.78 is 54.1. The third-order valence-electron chi connectivity index (χ3n) is 4.22. The van der Waals surface area contributed by atoms with E-state index in [0.717, 1.165) is 38.5 Å². The highest BCUT2D eigenvalue weighted by atomic mass is 32.2. The Morgan fingerprint density at radius 2 is 1.52 bits per heavy atom. The van der Waals surface area contributed by atoms with Crippen LogP contribution in [-0.2, 0) is 20.0 Å². The molecule has 0 spiro atoms. The van der Waals surface area contributed by atoms with Crippen molar-refractivity contribution in [3.8, 4) is 0 Å². The zero-order chi connectivity index (χ0) is 16.5. The number of hydrogen-bond donors (Lipinski definition) is 1. The Bertz CT molecular complexity index is 762. The molecule has 0 radical (unpaired) electrons. The molecule has 1 aromatic rings. The Morgan fingerprint density at radius 3 is 2.13 bits per heavy atom. The van der Waals surface area contributed by atoms with Crippen molar-refractivity contribution >= 4 is 20.0 Å². The SMILES string of the molecule is O=S(=O)(NC1CC1)c1cccc(S(=O)(=O)N2CCCCCC2)c1. The number of nitrogens with one attached hydrogen (secondary N) is 1. The van der Waals surface area contributed by atoms with E-state index in [-0.39, 0.29) is 15.8 Å². The standard InChI is InChI=1S/C15H22N2O4S2/c18-22(19,16-13-8-9-13)14-6-5-7-15(12-14)23(20,21)17-10-3-1-2-4-11-17/h5-7,12-13,16H,1-4,8-11H2. The lowest BCUT2D eigenvalue weighted by atomic mass is 10.2. The van der Waals surface area contributed by atoms with Crippen LogP contribution in [-0.4, -0.2) is 40.3 Å². The molecular weight excluding hydrogens is 336 g/mol. The summed E-state index contributed by atoms with van der Waals surface area (Å²) in [7, 11) is -7.29. The van der Waals surface area contributed by atoms with E-state index in [9.17, 15) is 16.8 Å². The van der Waals surface area contributed by atoms with Crippen LogP contribution in [0.3, 0.4) is 0 Å². The van der Waals surface area contributed by atoms with Gasteiger partial charge in [0.2, 0.25) is 20.0 Å². The summed E-state index contributed by atoms with van der Waals surface area (Å²) in [6, 6.07) is 5.66. The fourth-order valence-electron chi connectivity index (χ4n) is 2.72. The van der Waals surface area contributed by atoms with E-state index in [4.69, 9.17) is 0 Å². The van der Waals surface area contributed by atoms with Crippen LogP contribution < -0.4 is 4.72 Å². The van der Waals surface area contributed by atoms with Gasteiger partial charge in [-0.1, -0.05) is 18.9 Å². The van der Waals surface area contributed by atoms with Crippen LogP contribution in [0.25, 0.3) is 0 Å². The van der Waals surface area contributed by atoms with Gasteiger partial charge in [-0.15, -0.1) is 0 Å². The third kappa shape index (κ3) is 3.93. The number of hydrogen-bond acceptors (Lipinski definition) is 4. The average molecular weight is 358 g/mol. The minimum Gasteiger partial charge on any atom is -0.208 e. The van der Waals surface area contributed by atoms with Crippen molar-refractivity contribution in [1.82, 2.24) is 9.03 Å². The molecule has 0 atom stereocenters. The quantitative estimate of drug-likeness (QED) is 0.868. The fraction of sp³-hybridized carbons (Fsp3) is 0.600. The van der Waals surface area contributed by atoms with Gasteiger partial charge in [0.05, 0.1) is 9.79 Å². The minimum atomic E-state index is -3.65. The van der Waals surface area contributed by atoms with Crippen molar-refractivity contribution in [2.24, 2.45) is 0 Å². The predicted octanol–water partition coefficient (Wildman–Crippen LogP) is 1.69. The Labute approximate surface area is 138 Å². The molecule has 1 aromatic carbocycles. The fourth-order valence-corrected chi connectivity index (χ4v) is 5.71. The van der Waals surface area contributed by atoms with E-state index in [1.165, 1.54) is 28.6 Å². The van der Waals surface area contributed by atoms with E-state index < -0.39 is 20.0 Å². The molecule has 128 valence electrons. The van der Waals surface area contributed by atoms with E-state index >= 15 is 0 Å². The van der Waals surface area contributed by atoms with Gasteiger partial charge >= 0.3 is 0 Å². The lowest BCUT2D eigenvalue weighted by Crippen LogP contribution is -2.32. The van der Waals surface area contributed by atoms with E-state index in [1.807, 2.05) is 0 Å². The summed E-state index contributed by atoms with van der Waals surface area (Å²) in [5, 5.41) is 0. The molecular formula is C15H22N2O4S2. The Kier molecular flexibility index (Phi) is 4.78. The second-order valence-corrected chi connectivity index (χ2v) is 9.84. The monoisotopic (exact) mass is 358 g/mol. The number of nitrogens with zero attached hydrogens (tertiary/aromatic N) is 1. The maximum Gasteiger partial charge on any atom is 0.243 e. The highest BCUT2D eigenvalue weighted by Crippen LogP contribution is 2.25. The van der Waals surface area contributed by atoms with Crippen LogP contribution in [0.1, 0.15) is 38.5 Å². The summed E-state index contributed by atoms with van der Waals surface area (Å²) in [6.07, 6.45) is 5.44. The minimum absolute atomic E-state index is 0.00845. The van der Waals surface area contributed by atoms with Crippen LogP contribution in [0.5, 0.6) is 0 Å². The molecule has 8 heteroatoms. The van der Waals surface area contributed by atoms with Gasteiger partial charge in [-0.2, -0.15) is 4.31 Å². The van der Waals surface area contributed by atoms with Gasteiger partial charge in [-0.05, 0) is 43.9 Å². The second kappa shape index (κ2) is 6.51. The largest absolute Gasteiger partial charge is 0.243 e. The van der Waals surface area contributed by atoms with Gasteiger partial charge in [-0.3, -0.25) is 0 Å². The van der Waals surface area contributed by atoms with Crippen molar-refractivity contribution in [2.45, 2.75) is 54.4 Å². The molecule has 1 saturated heterocycles. The molecule has 0 amide bonds. The maximum atomic E-state index is 12.8. The van der Waals surface area contributed by atoms with Gasteiger partial charge in [0, 0.05) is 19.1 Å². The average Bonchev–Trinajstić information content (AvgIpc) is 3.33. The van der Waals surface area contributed by atoms with Gasteiger partial charge in [0.25, 0.3) is 0 Å². The topological polar surface area (TPSA) is 83.5 Å². The first-order valence-corrected chi connectivity index (χ1v) is 10.9. The molecule has 2 fully saturated rings. The number of rotatable bonds is 5. The molecule has 23 heavy (non-hydrogen) atoms. The van der Waals surface area contributed by atoms with Crippen molar-refractivity contribution < 1.29 is 16.8 Å². The van der Waals surface area contributed by atoms with Crippen LogP contribution in [0.4, 0.5) is 0 Å². The first-order valence-electron chi connectivity index (χ1n) is 8.02. The first-order chi connectivity index (χ1) is 10.9. The van der Waals surface area contributed by atoms with Gasteiger partial charge in [-0.25, -0.2) is 21.6 Å². The third-order valence-corrected chi connectivity index (χ3v) is 7.63. The molecule has 1 saturated carbocycles. The first kappa shape index (κ1) is 16.9. The van der Waals surface area contributed by atoms with Crippen LogP contribution in [0.15, 0.2) is 34.1 Å². The highest BCUT2D eigenvalue weighted by molar-refractivity contribution is 7.90. The number of sulfonamides is 2. The Balaban J connectivity index is 1.88. The molecule has 3 rings (SSSR count). The zero-order valence-electron chi connectivity index (χ0n) is 12.9. The maximum absolute atomic E-state index is 12.8. The van der Waals surface area contributed by atoms with Crippen molar-refractivity contribution in [3.05, 3.63) is 24.3 Å². The van der Waals surface area contributed by atoms with Crippen molar-refractivity contribution in [1.29, 1.82) is 0 Å². The predicted molar refractivity (Wildman–Crippen MR) is 87.0 cm³/mol. The van der Waals surface area contributed by atoms with E-state index in [0.29, 0.717) is 13.1 Å². The zero-order valence-corrected chi connectivity index (χ0v) is 14.6. The molecule has 1 aliphatic carbocycles. The van der Waals surface area contributed by atoms with Gasteiger partial charge in [0.1, 0.15) is 0 Å². The van der Waals surface area contributed by atoms with Crippen LogP contribution in [0.2, 0.25) is 0 Å². The van der Waals surface area contributed by atoms with Crippen molar-refractivity contribution in [2.75, 3.05) is 13.1 Å². The summed E-state index contributed by atoms with van der Waals surface area (Å²) >= 11 is 0. The normalized spacial score (nSPS) is 21.0. The molecule has 0 bridgehead atoms. The van der Waals surface area contributed by atoms with E-state index in [2.05, 4.69) is 4.72 Å². The molecule has 0 aromatic heterocycles. The second-order valence-electron chi connectivity index (χ2n) is 6.19. The van der Waals surface area contributed by atoms with Crippen LogP contribution >= 0.6 is 0 Å². The summed E-state index contributed by atoms with van der Waals surface area (Å²) in [5.74, 6) is 0. The summed E-state index contributed by atoms with van der Waals surface area (Å²) in [5.41, 5.74) is 0.